The van der Waals surface area contributed by atoms with Crippen LogP contribution in [0, 0.1) is 0 Å². The number of hydrogen-bond donors (Lipinski definition) is 1. The lowest BCUT2D eigenvalue weighted by molar-refractivity contribution is -0.00193. The molecule has 0 spiro atoms. The largest absolute Gasteiger partial charge is 0.371 e. The Morgan fingerprint density at radius 3 is 2.57 bits per heavy atom. The predicted octanol–water partition coefficient (Wildman–Crippen LogP) is 3.80. The van der Waals surface area contributed by atoms with Gasteiger partial charge in [0.15, 0.2) is 0 Å². The Balaban J connectivity index is 1.72. The molecule has 1 amide bonds. The van der Waals surface area contributed by atoms with Gasteiger partial charge in [0.1, 0.15) is 0 Å². The quantitative estimate of drug-likeness (QED) is 0.649. The van der Waals surface area contributed by atoms with Gasteiger partial charge in [0.05, 0.1) is 22.5 Å². The van der Waals surface area contributed by atoms with Crippen LogP contribution in [0.15, 0.2) is 59.5 Å². The van der Waals surface area contributed by atoms with E-state index >= 15 is 0 Å². The number of carbonyl (C=O) groups excluding carboxylic acids is 1. The number of hydrogen-bond acceptors (Lipinski definition) is 5. The normalized spacial score (nSPS) is 18.0. The molecule has 4 rings (SSSR count). The van der Waals surface area contributed by atoms with Crippen molar-refractivity contribution in [1.82, 2.24) is 9.62 Å². The number of benzene rings is 2. The second kappa shape index (κ2) is 8.47. The van der Waals surface area contributed by atoms with Gasteiger partial charge in [-0.15, -0.1) is 11.3 Å². The van der Waals surface area contributed by atoms with Gasteiger partial charge in [-0.3, -0.25) is 4.79 Å². The third kappa shape index (κ3) is 4.00. The van der Waals surface area contributed by atoms with Crippen LogP contribution < -0.4 is 5.32 Å². The van der Waals surface area contributed by atoms with Crippen LogP contribution in [0.1, 0.15) is 35.2 Å². The highest BCUT2D eigenvalue weighted by Crippen LogP contribution is 2.39. The lowest BCUT2D eigenvalue weighted by Crippen LogP contribution is -2.42. The molecule has 1 unspecified atom stereocenters. The van der Waals surface area contributed by atoms with E-state index < -0.39 is 16.1 Å². The van der Waals surface area contributed by atoms with Crippen molar-refractivity contribution in [3.05, 3.63) is 65.0 Å². The van der Waals surface area contributed by atoms with E-state index in [-0.39, 0.29) is 36.5 Å². The molecule has 30 heavy (non-hydrogen) atoms. The van der Waals surface area contributed by atoms with Crippen molar-refractivity contribution >= 4 is 37.4 Å². The molecule has 0 radical (unpaired) electrons. The minimum atomic E-state index is -3.64. The van der Waals surface area contributed by atoms with Crippen LogP contribution in [0.3, 0.4) is 0 Å². The number of amides is 1. The lowest BCUT2D eigenvalue weighted by Gasteiger charge is -2.32. The summed E-state index contributed by atoms with van der Waals surface area (Å²) in [4.78, 5) is 13.7. The Morgan fingerprint density at radius 2 is 1.83 bits per heavy atom. The van der Waals surface area contributed by atoms with Gasteiger partial charge in [-0.2, -0.15) is 4.31 Å². The van der Waals surface area contributed by atoms with Crippen molar-refractivity contribution in [3.8, 4) is 0 Å². The molecule has 1 aliphatic rings. The van der Waals surface area contributed by atoms with Crippen LogP contribution in [0.4, 0.5) is 0 Å². The van der Waals surface area contributed by atoms with Gasteiger partial charge in [0, 0.05) is 29.4 Å². The molecule has 1 atom stereocenters. The zero-order chi connectivity index (χ0) is 21.3. The zero-order valence-corrected chi connectivity index (χ0v) is 18.5. The van der Waals surface area contributed by atoms with Crippen molar-refractivity contribution < 1.29 is 17.9 Å². The fourth-order valence-electron chi connectivity index (χ4n) is 3.64. The van der Waals surface area contributed by atoms with Crippen molar-refractivity contribution in [2.24, 2.45) is 0 Å². The highest BCUT2D eigenvalue weighted by molar-refractivity contribution is 7.89. The number of rotatable bonds is 5. The lowest BCUT2D eigenvalue weighted by atomic mass is 10.0. The Bertz CT molecular complexity index is 1160. The number of thiophene rings is 1. The van der Waals surface area contributed by atoms with Gasteiger partial charge < -0.3 is 10.1 Å². The minimum absolute atomic E-state index is 0.00204. The Morgan fingerprint density at radius 1 is 1.13 bits per heavy atom. The molecule has 1 N–H and O–H groups in total. The van der Waals surface area contributed by atoms with E-state index in [1.807, 2.05) is 38.1 Å². The van der Waals surface area contributed by atoms with Gasteiger partial charge in [0.2, 0.25) is 10.0 Å². The first-order valence-corrected chi connectivity index (χ1v) is 12.1. The molecule has 158 valence electrons. The first kappa shape index (κ1) is 21.0. The molecule has 3 aromatic rings. The highest BCUT2D eigenvalue weighted by Gasteiger charge is 2.35. The monoisotopic (exact) mass is 444 g/mol. The number of carbonyl (C=O) groups is 1. The number of morpholine rings is 1. The topological polar surface area (TPSA) is 75.7 Å². The predicted molar refractivity (Wildman–Crippen MR) is 118 cm³/mol. The molecule has 2 heterocycles. The van der Waals surface area contributed by atoms with E-state index in [4.69, 9.17) is 4.74 Å². The average molecular weight is 445 g/mol. The smallest absolute Gasteiger partial charge is 0.261 e. The summed E-state index contributed by atoms with van der Waals surface area (Å²) < 4.78 is 34.7. The number of sulfonamides is 1. The third-order valence-corrected chi connectivity index (χ3v) is 8.06. The first-order chi connectivity index (χ1) is 14.4. The molecule has 2 aromatic carbocycles. The van der Waals surface area contributed by atoms with E-state index in [2.05, 4.69) is 5.32 Å². The van der Waals surface area contributed by atoms with Gasteiger partial charge in [0.25, 0.3) is 5.91 Å². The van der Waals surface area contributed by atoms with Crippen LogP contribution in [0.2, 0.25) is 0 Å². The summed E-state index contributed by atoms with van der Waals surface area (Å²) in [5.41, 5.74) is 0.765. The molecular formula is C22H24N2O4S2. The molecule has 0 bridgehead atoms. The summed E-state index contributed by atoms with van der Waals surface area (Å²) in [5, 5.41) is 3.88. The maximum Gasteiger partial charge on any atom is 0.261 e. The number of ether oxygens (including phenoxy) is 1. The maximum atomic E-state index is 13.1. The van der Waals surface area contributed by atoms with Crippen LogP contribution in [-0.4, -0.2) is 44.4 Å². The van der Waals surface area contributed by atoms with Gasteiger partial charge in [-0.05, 0) is 37.4 Å². The molecule has 0 saturated carbocycles. The fraction of sp³-hybridized carbons (Fsp3) is 0.318. The second-order valence-corrected chi connectivity index (χ2v) is 10.5. The summed E-state index contributed by atoms with van der Waals surface area (Å²) in [6.45, 7) is 4.54. The molecule has 1 saturated heterocycles. The van der Waals surface area contributed by atoms with Crippen LogP contribution in [0.25, 0.3) is 10.1 Å². The molecule has 1 fully saturated rings. The molecular weight excluding hydrogens is 420 g/mol. The van der Waals surface area contributed by atoms with E-state index in [0.717, 1.165) is 15.6 Å². The van der Waals surface area contributed by atoms with Crippen molar-refractivity contribution in [1.29, 1.82) is 0 Å². The summed E-state index contributed by atoms with van der Waals surface area (Å²) in [6.07, 6.45) is -0.513. The summed E-state index contributed by atoms with van der Waals surface area (Å²) in [5.74, 6) is -0.159. The van der Waals surface area contributed by atoms with Crippen LogP contribution in [-0.2, 0) is 14.8 Å². The molecule has 1 aromatic heterocycles. The van der Waals surface area contributed by atoms with Crippen molar-refractivity contribution in [2.45, 2.75) is 30.9 Å². The van der Waals surface area contributed by atoms with Gasteiger partial charge in [-0.25, -0.2) is 8.42 Å². The SMILES string of the molecule is CC(C)NC(=O)c1sc2ccccc2c1C1CN(S(=O)(=O)c2ccccc2)CCO1. The molecule has 8 heteroatoms. The second-order valence-electron chi connectivity index (χ2n) is 7.50. The van der Waals surface area contributed by atoms with Crippen LogP contribution >= 0.6 is 11.3 Å². The van der Waals surface area contributed by atoms with Gasteiger partial charge in [-0.1, -0.05) is 36.4 Å². The van der Waals surface area contributed by atoms with Crippen molar-refractivity contribution in [3.63, 3.8) is 0 Å². The number of fused-ring (bicyclic) bond motifs is 1. The molecule has 0 aliphatic carbocycles. The third-order valence-electron chi connectivity index (χ3n) is 4.99. The number of nitrogens with zero attached hydrogens (tertiary/aromatic N) is 1. The first-order valence-electron chi connectivity index (χ1n) is 9.87. The Hall–Kier alpha value is -2.26. The zero-order valence-electron chi connectivity index (χ0n) is 16.9. The summed E-state index contributed by atoms with van der Waals surface area (Å²) in [6, 6.07) is 16.2. The molecule has 1 aliphatic heterocycles. The van der Waals surface area contributed by atoms with E-state index in [9.17, 15) is 13.2 Å². The van der Waals surface area contributed by atoms with Crippen molar-refractivity contribution in [2.75, 3.05) is 19.7 Å². The Kier molecular flexibility index (Phi) is 5.92. The summed E-state index contributed by atoms with van der Waals surface area (Å²) in [7, 11) is -3.64. The minimum Gasteiger partial charge on any atom is -0.371 e. The van der Waals surface area contributed by atoms with E-state index in [1.54, 1.807) is 30.3 Å². The van der Waals surface area contributed by atoms with E-state index in [0.29, 0.717) is 4.88 Å². The Labute approximate surface area is 180 Å². The fourth-order valence-corrected chi connectivity index (χ4v) is 6.24. The van der Waals surface area contributed by atoms with Crippen LogP contribution in [0.5, 0.6) is 0 Å². The summed E-state index contributed by atoms with van der Waals surface area (Å²) >= 11 is 1.41. The number of nitrogens with one attached hydrogen (secondary N) is 1. The average Bonchev–Trinajstić information content (AvgIpc) is 3.14. The highest BCUT2D eigenvalue weighted by atomic mass is 32.2. The maximum absolute atomic E-state index is 13.1. The van der Waals surface area contributed by atoms with E-state index in [1.165, 1.54) is 15.6 Å². The standard InChI is InChI=1S/C22H24N2O4S2/c1-15(2)23-22(25)21-20(17-10-6-7-11-19(17)29-21)18-14-24(12-13-28-18)30(26,27)16-8-4-3-5-9-16/h3-11,15,18H,12-14H2,1-2H3,(H,23,25). The van der Waals surface area contributed by atoms with Gasteiger partial charge >= 0.3 is 0 Å². The molecule has 6 nitrogen and oxygen atoms in total.